The van der Waals surface area contributed by atoms with Gasteiger partial charge < -0.3 is 26.0 Å². The Kier molecular flexibility index (Phi) is 8.49. The van der Waals surface area contributed by atoms with Crippen molar-refractivity contribution in [2.45, 2.75) is 111 Å². The zero-order chi connectivity index (χ0) is 35.0. The molecule has 6 rings (SSSR count). The molecule has 0 aromatic heterocycles. The number of carbonyl (C=O) groups excluding carboxylic acids is 1. The summed E-state index contributed by atoms with van der Waals surface area (Å²) >= 11 is 0. The average Bonchev–Trinajstić information content (AvgIpc) is 3.39. The van der Waals surface area contributed by atoms with E-state index in [1.165, 1.54) is 5.57 Å². The number of rotatable bonds is 7. The van der Waals surface area contributed by atoms with E-state index in [0.717, 1.165) is 68.9 Å². The maximum absolute atomic E-state index is 13.3. The molecule has 8 heteroatoms. The lowest BCUT2D eigenvalue weighted by Crippen LogP contribution is -2.69. The van der Waals surface area contributed by atoms with E-state index in [1.807, 2.05) is 12.1 Å². The quantitative estimate of drug-likeness (QED) is 0.192. The van der Waals surface area contributed by atoms with Gasteiger partial charge in [-0.25, -0.2) is 14.4 Å². The molecule has 8 nitrogen and oxygen atoms in total. The van der Waals surface area contributed by atoms with Crippen LogP contribution in [0.25, 0.3) is 5.57 Å². The summed E-state index contributed by atoms with van der Waals surface area (Å²) in [6, 6.07) is 5.56. The van der Waals surface area contributed by atoms with Gasteiger partial charge in [-0.1, -0.05) is 65.0 Å². The molecule has 0 spiro atoms. The van der Waals surface area contributed by atoms with Crippen LogP contribution >= 0.6 is 0 Å². The largest absolute Gasteiger partial charge is 0.480 e. The van der Waals surface area contributed by atoms with E-state index in [2.05, 4.69) is 64.8 Å². The van der Waals surface area contributed by atoms with E-state index in [4.69, 9.17) is 0 Å². The second kappa shape index (κ2) is 11.7. The number of aromatic carboxylic acids is 1. The molecule has 0 radical (unpaired) electrons. The number of amides is 2. The van der Waals surface area contributed by atoms with Crippen LogP contribution in [0.2, 0.25) is 0 Å². The molecule has 0 heterocycles. The van der Waals surface area contributed by atoms with E-state index >= 15 is 0 Å². The Labute approximate surface area is 285 Å². The third-order valence-electron chi connectivity index (χ3n) is 15.2. The van der Waals surface area contributed by atoms with Crippen LogP contribution in [0.15, 0.2) is 42.5 Å². The van der Waals surface area contributed by atoms with Gasteiger partial charge in [0.05, 0.1) is 12.2 Å². The zero-order valence-electron chi connectivity index (χ0n) is 29.7. The van der Waals surface area contributed by atoms with Crippen molar-refractivity contribution >= 4 is 23.5 Å². The molecule has 0 aliphatic heterocycles. The van der Waals surface area contributed by atoms with E-state index in [1.54, 1.807) is 12.1 Å². The maximum Gasteiger partial charge on any atom is 0.335 e. The number of hydrogen-bond donors (Lipinski definition) is 5. The predicted molar refractivity (Wildman–Crippen MR) is 186 cm³/mol. The fraction of sp³-hybridized carbons (Fsp3) is 0.675. The van der Waals surface area contributed by atoms with Crippen LogP contribution in [0.4, 0.5) is 4.79 Å². The lowest BCUT2D eigenvalue weighted by molar-refractivity contribution is -0.218. The van der Waals surface area contributed by atoms with Gasteiger partial charge >= 0.3 is 18.0 Å². The molecule has 5 N–H and O–H groups in total. The molecule has 1 aromatic rings. The molecule has 5 aliphatic rings. The number of aliphatic hydroxyl groups excluding tert-OH is 1. The van der Waals surface area contributed by atoms with Gasteiger partial charge in [0.25, 0.3) is 0 Å². The van der Waals surface area contributed by atoms with E-state index in [-0.39, 0.29) is 27.6 Å². The first-order valence-electron chi connectivity index (χ1n) is 18.1. The van der Waals surface area contributed by atoms with Crippen molar-refractivity contribution < 1.29 is 29.7 Å². The van der Waals surface area contributed by atoms with Gasteiger partial charge in [0.2, 0.25) is 0 Å². The average molecular weight is 661 g/mol. The molecule has 2 amide bonds. The van der Waals surface area contributed by atoms with Gasteiger partial charge in [-0.3, -0.25) is 0 Å². The van der Waals surface area contributed by atoms with Crippen LogP contribution in [0.1, 0.15) is 115 Å². The Hall–Kier alpha value is -3.13. The molecule has 4 fully saturated rings. The van der Waals surface area contributed by atoms with E-state index in [9.17, 15) is 29.7 Å². The number of carboxylic acid groups (broad SMARTS) is 2. The molecule has 0 saturated heterocycles. The molecule has 48 heavy (non-hydrogen) atoms. The minimum atomic E-state index is -1.34. The number of benzene rings is 1. The van der Waals surface area contributed by atoms with Crippen LogP contribution < -0.4 is 10.6 Å². The van der Waals surface area contributed by atoms with Crippen molar-refractivity contribution in [1.29, 1.82) is 0 Å². The SMILES string of the molecule is C=C(C)[C@@H]1CC[C@]2(NC(=O)N[C@H](CO)C(=O)O)CC[C@]3(C)[C@H](CC[C@@H]4[C@@]5(C)CC=C(c6ccc(C(=O)O)cc6)C(C)(C)[C@@H]5CC[C@]43C)[C@@H]12. The molecule has 1 aromatic carbocycles. The van der Waals surface area contributed by atoms with Crippen molar-refractivity contribution in [3.63, 3.8) is 0 Å². The lowest BCUT2D eigenvalue weighted by atomic mass is 9.33. The Morgan fingerprint density at radius 2 is 1.58 bits per heavy atom. The van der Waals surface area contributed by atoms with Crippen molar-refractivity contribution in [2.75, 3.05) is 6.61 Å². The van der Waals surface area contributed by atoms with Crippen LogP contribution in [0, 0.1) is 51.2 Å². The summed E-state index contributed by atoms with van der Waals surface area (Å²) in [5.41, 5.74) is 3.76. The minimum absolute atomic E-state index is 0.0608. The maximum atomic E-state index is 13.3. The highest BCUT2D eigenvalue weighted by Gasteiger charge is 2.70. The summed E-state index contributed by atoms with van der Waals surface area (Å²) in [4.78, 5) is 36.4. The molecular weight excluding hydrogens is 604 g/mol. The molecule has 4 saturated carbocycles. The van der Waals surface area contributed by atoms with Crippen LogP contribution in [-0.4, -0.2) is 51.5 Å². The van der Waals surface area contributed by atoms with Gasteiger partial charge in [0, 0.05) is 5.54 Å². The number of carboxylic acids is 2. The van der Waals surface area contributed by atoms with Crippen molar-refractivity contribution in [1.82, 2.24) is 10.6 Å². The number of carbonyl (C=O) groups is 3. The molecule has 0 unspecified atom stereocenters. The summed E-state index contributed by atoms with van der Waals surface area (Å²) in [5.74, 6) is -0.180. The Balaban J connectivity index is 1.32. The Morgan fingerprint density at radius 1 is 0.896 bits per heavy atom. The van der Waals surface area contributed by atoms with Gasteiger partial charge in [0.15, 0.2) is 6.04 Å². The van der Waals surface area contributed by atoms with Crippen molar-refractivity contribution in [3.8, 4) is 0 Å². The Bertz CT molecular complexity index is 1530. The van der Waals surface area contributed by atoms with Crippen molar-refractivity contribution in [3.05, 3.63) is 53.6 Å². The molecule has 10 atom stereocenters. The number of aliphatic carboxylic acids is 1. The first-order chi connectivity index (χ1) is 22.4. The smallest absolute Gasteiger partial charge is 0.335 e. The predicted octanol–water partition coefficient (Wildman–Crippen LogP) is 7.53. The third-order valence-corrected chi connectivity index (χ3v) is 15.2. The van der Waals surface area contributed by atoms with Gasteiger partial charge in [0.1, 0.15) is 0 Å². The number of urea groups is 1. The normalized spacial score (nSPS) is 40.1. The summed E-state index contributed by atoms with van der Waals surface area (Å²) < 4.78 is 0. The topological polar surface area (TPSA) is 136 Å². The Morgan fingerprint density at radius 3 is 2.19 bits per heavy atom. The first-order valence-corrected chi connectivity index (χ1v) is 18.1. The molecule has 0 bridgehead atoms. The number of aliphatic hydroxyl groups is 1. The highest BCUT2D eigenvalue weighted by atomic mass is 16.4. The molecular formula is C40H56N2O6. The highest BCUT2D eigenvalue weighted by Crippen LogP contribution is 2.76. The lowest BCUT2D eigenvalue weighted by Gasteiger charge is -2.72. The number of nitrogens with one attached hydrogen (secondary N) is 2. The monoisotopic (exact) mass is 660 g/mol. The number of allylic oxidation sites excluding steroid dienone is 3. The molecule has 5 aliphatic carbocycles. The minimum Gasteiger partial charge on any atom is -0.480 e. The molecule has 262 valence electrons. The van der Waals surface area contributed by atoms with Crippen LogP contribution in [-0.2, 0) is 4.79 Å². The summed E-state index contributed by atoms with van der Waals surface area (Å²) in [6.45, 7) is 18.4. The highest BCUT2D eigenvalue weighted by molar-refractivity contribution is 5.88. The van der Waals surface area contributed by atoms with Gasteiger partial charge in [-0.05, 0) is 139 Å². The fourth-order valence-corrected chi connectivity index (χ4v) is 12.9. The van der Waals surface area contributed by atoms with Crippen LogP contribution in [0.3, 0.4) is 0 Å². The second-order valence-corrected chi connectivity index (χ2v) is 17.4. The van der Waals surface area contributed by atoms with E-state index < -0.39 is 36.2 Å². The zero-order valence-corrected chi connectivity index (χ0v) is 29.7. The summed E-state index contributed by atoms with van der Waals surface area (Å²) in [6.07, 6.45) is 11.7. The standard InChI is InChI=1S/C40H56N2O6/c1-23(2)26-14-19-40(42-35(48)41-29(22-43)34(46)47)21-20-38(6)28(32(26)40)12-13-31-37(5)17-15-27(24-8-10-25(11-9-24)33(44)45)36(3,4)30(37)16-18-39(31,38)7/h8-11,15,26,28-32,43H,1,12-14,16-22H2,2-7H3,(H,44,45)(H,46,47)(H2,41,42,48)/t26-,28+,29+,30-,31+,32+,37-,38+,39+,40-/m0/s1. The number of hydrogen-bond acceptors (Lipinski definition) is 4. The number of fused-ring (bicyclic) bond motifs is 7. The summed E-state index contributed by atoms with van der Waals surface area (Å²) in [5, 5.41) is 34.3. The van der Waals surface area contributed by atoms with Crippen molar-refractivity contribution in [2.24, 2.45) is 51.2 Å². The fourth-order valence-electron chi connectivity index (χ4n) is 12.9. The second-order valence-electron chi connectivity index (χ2n) is 17.4. The van der Waals surface area contributed by atoms with Gasteiger partial charge in [-0.2, -0.15) is 0 Å². The van der Waals surface area contributed by atoms with Gasteiger partial charge in [-0.15, -0.1) is 0 Å². The first kappa shape index (κ1) is 34.7. The van der Waals surface area contributed by atoms with Crippen LogP contribution in [0.5, 0.6) is 0 Å². The summed E-state index contributed by atoms with van der Waals surface area (Å²) in [7, 11) is 0. The third kappa shape index (κ3) is 4.98. The van der Waals surface area contributed by atoms with E-state index in [0.29, 0.717) is 29.2 Å².